The Hall–Kier alpha value is -1.69. The Kier molecular flexibility index (Phi) is 13.5. The third-order valence-electron chi connectivity index (χ3n) is 4.51. The maximum atomic E-state index is 11.7. The predicted molar refractivity (Wildman–Crippen MR) is 117 cm³/mol. The minimum absolute atomic E-state index is 0.453. The number of carbonyl (C=O) groups excluding carboxylic acids is 4. The number of unbranched alkanes of at least 4 members (excludes halogenated alkanes) is 3. The molecule has 30 heavy (non-hydrogen) atoms. The van der Waals surface area contributed by atoms with E-state index in [4.69, 9.17) is 17.7 Å². The summed E-state index contributed by atoms with van der Waals surface area (Å²) in [5, 5.41) is 0. The molecule has 0 heterocycles. The molecule has 0 atom stereocenters. The van der Waals surface area contributed by atoms with E-state index in [0.717, 1.165) is 25.7 Å². The van der Waals surface area contributed by atoms with E-state index in [1.54, 1.807) is 0 Å². The smallest absolute Gasteiger partial charge is 0.464 e. The van der Waals surface area contributed by atoms with Crippen molar-refractivity contribution in [2.24, 2.45) is 0 Å². The van der Waals surface area contributed by atoms with Gasteiger partial charge in [0.15, 0.2) is 0 Å². The van der Waals surface area contributed by atoms with E-state index in [0.29, 0.717) is 37.0 Å². The van der Waals surface area contributed by atoms with Crippen molar-refractivity contribution in [2.45, 2.75) is 104 Å². The zero-order chi connectivity index (χ0) is 23.2. The summed E-state index contributed by atoms with van der Waals surface area (Å²) >= 11 is 0. The highest BCUT2D eigenvalue weighted by Gasteiger charge is 2.45. The Labute approximate surface area is 182 Å². The molecule has 0 spiro atoms. The third kappa shape index (κ3) is 12.1. The second-order valence-corrected chi connectivity index (χ2v) is 14.1. The molecular weight excluding hydrogens is 424 g/mol. The summed E-state index contributed by atoms with van der Waals surface area (Å²) in [6.07, 6.45) is 4.60. The normalized spacial score (nSPS) is 11.5. The Morgan fingerprint density at radius 2 is 0.733 bits per heavy atom. The van der Waals surface area contributed by atoms with Gasteiger partial charge in [-0.2, -0.15) is 0 Å². The summed E-state index contributed by atoms with van der Waals surface area (Å²) in [6.45, 7) is 9.32. The molecule has 0 aliphatic carbocycles. The number of hydrogen-bond donors (Lipinski definition) is 0. The van der Waals surface area contributed by atoms with Crippen molar-refractivity contribution in [3.05, 3.63) is 0 Å². The second kappa shape index (κ2) is 14.3. The lowest BCUT2D eigenvalue weighted by atomic mass is 10.4. The first-order valence-corrected chi connectivity index (χ1v) is 15.2. The maximum absolute atomic E-state index is 11.7. The molecular formula is C20H38O8Si2. The first-order valence-electron chi connectivity index (χ1n) is 10.8. The summed E-state index contributed by atoms with van der Waals surface area (Å²) in [5.74, 6) is -1.81. The standard InChI is InChI=1S/C20H38O8Si2/c1-7-9-13-29(25-17(3)21,26-18(4)22)15-11-12-16-30(14-10-8-2,27-19(5)23)28-20(6)24/h7-16H2,1-6H3. The molecule has 0 fully saturated rings. The lowest BCUT2D eigenvalue weighted by molar-refractivity contribution is -0.141. The molecule has 0 radical (unpaired) electrons. The minimum atomic E-state index is -3.03. The largest absolute Gasteiger partial charge is 0.485 e. The lowest BCUT2D eigenvalue weighted by Crippen LogP contribution is -2.46. The van der Waals surface area contributed by atoms with E-state index < -0.39 is 41.0 Å². The van der Waals surface area contributed by atoms with Crippen LogP contribution in [-0.4, -0.2) is 41.0 Å². The molecule has 0 saturated heterocycles. The van der Waals surface area contributed by atoms with Crippen molar-refractivity contribution in [1.82, 2.24) is 0 Å². The number of carbonyl (C=O) groups is 4. The summed E-state index contributed by atoms with van der Waals surface area (Å²) in [6, 6.07) is 2.03. The van der Waals surface area contributed by atoms with Gasteiger partial charge in [-0.3, -0.25) is 19.2 Å². The average molecular weight is 463 g/mol. The van der Waals surface area contributed by atoms with Crippen molar-refractivity contribution in [3.63, 3.8) is 0 Å². The SMILES string of the molecule is CCCC[Si](CCCC[Si](CCCC)(OC(C)=O)OC(C)=O)(OC(C)=O)OC(C)=O. The van der Waals surface area contributed by atoms with Gasteiger partial charge in [0.25, 0.3) is 23.9 Å². The third-order valence-corrected chi connectivity index (χ3v) is 11.6. The molecule has 0 aromatic rings. The molecule has 0 amide bonds. The Morgan fingerprint density at radius 3 is 0.933 bits per heavy atom. The molecule has 0 bridgehead atoms. The van der Waals surface area contributed by atoms with Crippen LogP contribution in [0.15, 0.2) is 0 Å². The highest BCUT2D eigenvalue weighted by atomic mass is 28.4. The van der Waals surface area contributed by atoms with Crippen molar-refractivity contribution in [2.75, 3.05) is 0 Å². The molecule has 174 valence electrons. The second-order valence-electron chi connectivity index (χ2n) is 7.61. The van der Waals surface area contributed by atoms with Crippen LogP contribution in [0.3, 0.4) is 0 Å². The molecule has 0 aliphatic rings. The van der Waals surface area contributed by atoms with Gasteiger partial charge in [0.1, 0.15) is 0 Å². The topological polar surface area (TPSA) is 105 Å². The molecule has 8 nitrogen and oxygen atoms in total. The van der Waals surface area contributed by atoms with Gasteiger partial charge in [0.05, 0.1) is 0 Å². The van der Waals surface area contributed by atoms with Gasteiger partial charge in [-0.05, 0) is 25.7 Å². The van der Waals surface area contributed by atoms with Crippen molar-refractivity contribution < 1.29 is 36.9 Å². The van der Waals surface area contributed by atoms with E-state index >= 15 is 0 Å². The predicted octanol–water partition coefficient (Wildman–Crippen LogP) is 4.50. The Morgan fingerprint density at radius 1 is 0.500 bits per heavy atom. The van der Waals surface area contributed by atoms with E-state index in [1.807, 2.05) is 13.8 Å². The molecule has 0 aliphatic heterocycles. The lowest BCUT2D eigenvalue weighted by Gasteiger charge is -2.30. The van der Waals surface area contributed by atoms with Crippen LogP contribution in [0.1, 0.15) is 80.1 Å². The highest BCUT2D eigenvalue weighted by Crippen LogP contribution is 2.29. The zero-order valence-electron chi connectivity index (χ0n) is 19.3. The van der Waals surface area contributed by atoms with E-state index in [9.17, 15) is 19.2 Å². The molecule has 0 N–H and O–H groups in total. The van der Waals surface area contributed by atoms with Crippen LogP contribution in [0.5, 0.6) is 0 Å². The van der Waals surface area contributed by atoms with Gasteiger partial charge < -0.3 is 17.7 Å². The molecule has 10 heteroatoms. The van der Waals surface area contributed by atoms with Crippen molar-refractivity contribution >= 4 is 41.0 Å². The molecule has 0 saturated carbocycles. The van der Waals surface area contributed by atoms with E-state index in [-0.39, 0.29) is 0 Å². The van der Waals surface area contributed by atoms with Gasteiger partial charge in [-0.15, -0.1) is 0 Å². The van der Waals surface area contributed by atoms with Crippen molar-refractivity contribution in [3.8, 4) is 0 Å². The van der Waals surface area contributed by atoms with Crippen LogP contribution in [0.25, 0.3) is 0 Å². The molecule has 0 aromatic carbocycles. The first-order chi connectivity index (χ1) is 14.0. The van der Waals surface area contributed by atoms with Crippen LogP contribution in [0.4, 0.5) is 0 Å². The van der Waals surface area contributed by atoms with Crippen LogP contribution in [-0.2, 0) is 36.9 Å². The van der Waals surface area contributed by atoms with Gasteiger partial charge >= 0.3 is 17.1 Å². The number of hydrogen-bond acceptors (Lipinski definition) is 8. The summed E-state index contributed by atoms with van der Waals surface area (Å²) in [4.78, 5) is 46.7. The van der Waals surface area contributed by atoms with Gasteiger partial charge in [-0.1, -0.05) is 26.7 Å². The zero-order valence-corrected chi connectivity index (χ0v) is 21.3. The summed E-state index contributed by atoms with van der Waals surface area (Å²) < 4.78 is 22.3. The molecule has 0 aromatic heterocycles. The fourth-order valence-corrected chi connectivity index (χ4v) is 10.3. The summed E-state index contributed by atoms with van der Waals surface area (Å²) in [7, 11) is -6.06. The molecule has 0 rings (SSSR count). The van der Waals surface area contributed by atoms with Gasteiger partial charge in [-0.25, -0.2) is 0 Å². The molecule has 0 unspecified atom stereocenters. The number of rotatable bonds is 15. The van der Waals surface area contributed by atoms with E-state index in [2.05, 4.69) is 0 Å². The van der Waals surface area contributed by atoms with Crippen LogP contribution >= 0.6 is 0 Å². The average Bonchev–Trinajstić information content (AvgIpc) is 2.60. The van der Waals surface area contributed by atoms with Gasteiger partial charge in [0, 0.05) is 51.9 Å². The summed E-state index contributed by atoms with van der Waals surface area (Å²) in [5.41, 5.74) is 0. The van der Waals surface area contributed by atoms with Crippen molar-refractivity contribution in [1.29, 1.82) is 0 Å². The van der Waals surface area contributed by atoms with Crippen LogP contribution < -0.4 is 0 Å². The Balaban J connectivity index is 5.31. The van der Waals surface area contributed by atoms with Gasteiger partial charge in [0.2, 0.25) is 0 Å². The maximum Gasteiger partial charge on any atom is 0.464 e. The fraction of sp³-hybridized carbons (Fsp3) is 0.800. The highest BCUT2D eigenvalue weighted by molar-refractivity contribution is 6.71. The van der Waals surface area contributed by atoms with E-state index in [1.165, 1.54) is 27.7 Å². The monoisotopic (exact) mass is 462 g/mol. The fourth-order valence-electron chi connectivity index (χ4n) is 3.43. The first kappa shape index (κ1) is 28.3. The minimum Gasteiger partial charge on any atom is -0.485 e. The van der Waals surface area contributed by atoms with Crippen LogP contribution in [0, 0.1) is 0 Å². The van der Waals surface area contributed by atoms with Crippen LogP contribution in [0.2, 0.25) is 24.2 Å². The quantitative estimate of drug-likeness (QED) is 0.259. The Bertz CT molecular complexity index is 497.